The number of nitrogens with one attached hydrogen (secondary N) is 1. The van der Waals surface area contributed by atoms with Gasteiger partial charge in [-0.25, -0.2) is 4.39 Å². The van der Waals surface area contributed by atoms with Gasteiger partial charge in [-0.1, -0.05) is 44.2 Å². The Balaban J connectivity index is 1.56. The average molecular weight is 380 g/mol. The summed E-state index contributed by atoms with van der Waals surface area (Å²) in [6.07, 6.45) is 4.68. The molecular formula is C23H25FN2O2. The number of anilines is 1. The number of halogens is 1. The summed E-state index contributed by atoms with van der Waals surface area (Å²) in [5.41, 5.74) is 1.82. The molecule has 0 bridgehead atoms. The van der Waals surface area contributed by atoms with E-state index in [0.717, 1.165) is 24.2 Å². The fourth-order valence-corrected chi connectivity index (χ4v) is 3.33. The van der Waals surface area contributed by atoms with Crippen molar-refractivity contribution in [1.82, 2.24) is 5.32 Å². The van der Waals surface area contributed by atoms with Crippen molar-refractivity contribution in [3.05, 3.63) is 71.6 Å². The summed E-state index contributed by atoms with van der Waals surface area (Å²) in [4.78, 5) is 25.7. The lowest BCUT2D eigenvalue weighted by atomic mass is 9.84. The van der Waals surface area contributed by atoms with E-state index in [1.54, 1.807) is 29.2 Å². The summed E-state index contributed by atoms with van der Waals surface area (Å²) < 4.78 is 14.0. The predicted octanol–water partition coefficient (Wildman–Crippen LogP) is 4.06. The third-order valence-corrected chi connectivity index (χ3v) is 5.01. The third-order valence-electron chi connectivity index (χ3n) is 5.01. The molecule has 0 saturated carbocycles. The molecule has 0 atom stereocenters. The molecule has 0 aliphatic carbocycles. The Hall–Kier alpha value is -2.95. The second-order valence-electron chi connectivity index (χ2n) is 7.66. The second-order valence-corrected chi connectivity index (χ2v) is 7.66. The zero-order valence-electron chi connectivity index (χ0n) is 16.2. The van der Waals surface area contributed by atoms with Crippen molar-refractivity contribution in [3.63, 3.8) is 0 Å². The molecule has 4 nitrogen and oxygen atoms in total. The number of carbonyl (C=O) groups is 2. The van der Waals surface area contributed by atoms with Crippen LogP contribution in [0.5, 0.6) is 0 Å². The molecule has 0 radical (unpaired) electrons. The van der Waals surface area contributed by atoms with E-state index >= 15 is 0 Å². The van der Waals surface area contributed by atoms with Crippen LogP contribution in [0.25, 0.3) is 6.08 Å². The fraction of sp³-hybridized carbons (Fsp3) is 0.304. The van der Waals surface area contributed by atoms with E-state index in [0.29, 0.717) is 18.5 Å². The molecule has 1 N–H and O–H groups in total. The maximum Gasteiger partial charge on any atom is 0.244 e. The molecule has 1 aliphatic rings. The van der Waals surface area contributed by atoms with Crippen molar-refractivity contribution in [2.75, 3.05) is 18.0 Å². The Bertz CT molecular complexity index is 888. The minimum atomic E-state index is -0.515. The SMILES string of the molecule is CC(C)(CNC(=O)/C=C/c1ccc(N2CCCC2=O)cc1)c1ccccc1F. The molecule has 0 aromatic heterocycles. The number of benzene rings is 2. The zero-order chi connectivity index (χ0) is 20.1. The van der Waals surface area contributed by atoms with Gasteiger partial charge in [0.25, 0.3) is 0 Å². The molecule has 0 unspecified atom stereocenters. The van der Waals surface area contributed by atoms with Crippen molar-refractivity contribution >= 4 is 23.6 Å². The Morgan fingerprint density at radius 2 is 1.89 bits per heavy atom. The highest BCUT2D eigenvalue weighted by atomic mass is 19.1. The van der Waals surface area contributed by atoms with Gasteiger partial charge in [0.15, 0.2) is 0 Å². The minimum Gasteiger partial charge on any atom is -0.352 e. The van der Waals surface area contributed by atoms with Crippen molar-refractivity contribution in [1.29, 1.82) is 0 Å². The van der Waals surface area contributed by atoms with Gasteiger partial charge in [-0.2, -0.15) is 0 Å². The Labute approximate surface area is 165 Å². The maximum absolute atomic E-state index is 14.0. The third kappa shape index (κ3) is 4.66. The first-order valence-corrected chi connectivity index (χ1v) is 9.48. The van der Waals surface area contributed by atoms with Crippen LogP contribution in [0, 0.1) is 5.82 Å². The molecule has 28 heavy (non-hydrogen) atoms. The quantitative estimate of drug-likeness (QED) is 0.769. The van der Waals surface area contributed by atoms with Gasteiger partial charge in [0.1, 0.15) is 5.82 Å². The van der Waals surface area contributed by atoms with Gasteiger partial charge in [-0.3, -0.25) is 9.59 Å². The van der Waals surface area contributed by atoms with E-state index in [2.05, 4.69) is 5.32 Å². The largest absolute Gasteiger partial charge is 0.352 e. The standard InChI is InChI=1S/C23H25FN2O2/c1-23(2,19-6-3-4-7-20(19)24)16-25-21(27)14-11-17-9-12-18(13-10-17)26-15-5-8-22(26)28/h3-4,6-7,9-14H,5,8,15-16H2,1-2H3,(H,25,27)/b14-11+. The smallest absolute Gasteiger partial charge is 0.244 e. The highest BCUT2D eigenvalue weighted by molar-refractivity contribution is 5.95. The summed E-state index contributed by atoms with van der Waals surface area (Å²) in [6, 6.07) is 14.2. The molecule has 146 valence electrons. The monoisotopic (exact) mass is 380 g/mol. The summed E-state index contributed by atoms with van der Waals surface area (Å²) in [7, 11) is 0. The minimum absolute atomic E-state index is 0.153. The molecule has 1 aliphatic heterocycles. The fourth-order valence-electron chi connectivity index (χ4n) is 3.33. The molecule has 3 rings (SSSR count). The van der Waals surface area contributed by atoms with Crippen LogP contribution in [-0.2, 0) is 15.0 Å². The van der Waals surface area contributed by atoms with Crippen molar-refractivity contribution in [2.45, 2.75) is 32.1 Å². The van der Waals surface area contributed by atoms with E-state index in [9.17, 15) is 14.0 Å². The summed E-state index contributed by atoms with van der Waals surface area (Å²) >= 11 is 0. The number of nitrogens with zero attached hydrogens (tertiary/aromatic N) is 1. The highest BCUT2D eigenvalue weighted by Gasteiger charge is 2.24. The lowest BCUT2D eigenvalue weighted by molar-refractivity contribution is -0.117. The van der Waals surface area contributed by atoms with E-state index in [-0.39, 0.29) is 17.6 Å². The molecule has 2 amide bonds. The summed E-state index contributed by atoms with van der Waals surface area (Å²) in [6.45, 7) is 4.88. The number of amides is 2. The molecule has 1 fully saturated rings. The maximum atomic E-state index is 14.0. The van der Waals surface area contributed by atoms with Crippen LogP contribution in [0.4, 0.5) is 10.1 Å². The molecule has 1 saturated heterocycles. The zero-order valence-corrected chi connectivity index (χ0v) is 16.2. The number of hydrogen-bond acceptors (Lipinski definition) is 2. The summed E-state index contributed by atoms with van der Waals surface area (Å²) in [5.74, 6) is -0.350. The van der Waals surface area contributed by atoms with Gasteiger partial charge in [-0.15, -0.1) is 0 Å². The van der Waals surface area contributed by atoms with Gasteiger partial charge in [0, 0.05) is 36.7 Å². The van der Waals surface area contributed by atoms with Crippen molar-refractivity contribution < 1.29 is 14.0 Å². The van der Waals surface area contributed by atoms with Gasteiger partial charge < -0.3 is 10.2 Å². The Kier molecular flexibility index (Phi) is 5.93. The van der Waals surface area contributed by atoms with Crippen molar-refractivity contribution in [2.24, 2.45) is 0 Å². The van der Waals surface area contributed by atoms with Crippen molar-refractivity contribution in [3.8, 4) is 0 Å². The van der Waals surface area contributed by atoms with Crippen LogP contribution in [0.2, 0.25) is 0 Å². The molecule has 5 heteroatoms. The number of carbonyl (C=O) groups excluding carboxylic acids is 2. The summed E-state index contributed by atoms with van der Waals surface area (Å²) in [5, 5.41) is 2.84. The number of rotatable bonds is 6. The van der Waals surface area contributed by atoms with Crippen LogP contribution < -0.4 is 10.2 Å². The van der Waals surface area contributed by atoms with E-state index in [1.165, 1.54) is 12.1 Å². The van der Waals surface area contributed by atoms with Gasteiger partial charge >= 0.3 is 0 Å². The second kappa shape index (κ2) is 8.38. The van der Waals surface area contributed by atoms with Crippen LogP contribution in [0.15, 0.2) is 54.6 Å². The van der Waals surface area contributed by atoms with Crippen LogP contribution in [0.1, 0.15) is 37.8 Å². The lowest BCUT2D eigenvalue weighted by Gasteiger charge is -2.25. The van der Waals surface area contributed by atoms with Gasteiger partial charge in [-0.05, 0) is 41.8 Å². The van der Waals surface area contributed by atoms with Crippen LogP contribution >= 0.6 is 0 Å². The average Bonchev–Trinajstić information content (AvgIpc) is 3.11. The normalized spacial score (nSPS) is 14.7. The Morgan fingerprint density at radius 3 is 2.54 bits per heavy atom. The van der Waals surface area contributed by atoms with Crippen LogP contribution in [-0.4, -0.2) is 24.9 Å². The highest BCUT2D eigenvalue weighted by Crippen LogP contribution is 2.25. The van der Waals surface area contributed by atoms with Gasteiger partial charge in [0.2, 0.25) is 11.8 Å². The first-order valence-electron chi connectivity index (χ1n) is 9.48. The molecule has 2 aromatic rings. The predicted molar refractivity (Wildman–Crippen MR) is 109 cm³/mol. The van der Waals surface area contributed by atoms with E-state index < -0.39 is 5.41 Å². The van der Waals surface area contributed by atoms with E-state index in [4.69, 9.17) is 0 Å². The molecular weight excluding hydrogens is 355 g/mol. The van der Waals surface area contributed by atoms with Crippen LogP contribution in [0.3, 0.4) is 0 Å². The molecule has 1 heterocycles. The first-order chi connectivity index (χ1) is 13.4. The first kappa shape index (κ1) is 19.8. The number of hydrogen-bond donors (Lipinski definition) is 1. The molecule has 2 aromatic carbocycles. The lowest BCUT2D eigenvalue weighted by Crippen LogP contribution is -2.36. The van der Waals surface area contributed by atoms with E-state index in [1.807, 2.05) is 38.1 Å². The Morgan fingerprint density at radius 1 is 1.18 bits per heavy atom. The van der Waals surface area contributed by atoms with Gasteiger partial charge in [0.05, 0.1) is 0 Å². The molecule has 0 spiro atoms. The topological polar surface area (TPSA) is 49.4 Å².